The Balaban J connectivity index is 0.00000400. The van der Waals surface area contributed by atoms with Gasteiger partial charge in [-0.05, 0) is 89.2 Å². The molecule has 9 rings (SSSR count). The molecule has 3 aromatic heterocycles. The summed E-state index contributed by atoms with van der Waals surface area (Å²) in [5, 5.41) is 7.19. The number of fused-ring (bicyclic) bond motifs is 6. The SMILES string of the molecule is CCCCC1(CCCC)c2ccccc2-c2ccc(-c3cnn(-c4cccc(Oc5ccc6c7ccccc7n(-c7ccccn7)c6c5)c4)c3)cc21.[Pt]. The molecule has 0 fully saturated rings. The van der Waals surface area contributed by atoms with E-state index in [9.17, 15) is 0 Å². The number of rotatable bonds is 11. The summed E-state index contributed by atoms with van der Waals surface area (Å²) in [4.78, 5) is 4.67. The third kappa shape index (κ3) is 6.11. The van der Waals surface area contributed by atoms with Crippen molar-refractivity contribution in [2.24, 2.45) is 0 Å². The first-order valence-corrected chi connectivity index (χ1v) is 18.7. The van der Waals surface area contributed by atoms with Crippen LogP contribution in [-0.2, 0) is 26.5 Å². The number of pyridine rings is 1. The minimum atomic E-state index is 0. The van der Waals surface area contributed by atoms with E-state index in [0.717, 1.165) is 45.0 Å². The van der Waals surface area contributed by atoms with Crippen molar-refractivity contribution < 1.29 is 25.8 Å². The first kappa shape index (κ1) is 34.8. The summed E-state index contributed by atoms with van der Waals surface area (Å²) in [5.74, 6) is 2.39. The first-order valence-electron chi connectivity index (χ1n) is 18.7. The smallest absolute Gasteiger partial charge is 0.137 e. The topological polar surface area (TPSA) is 44.9 Å². The number of aromatic nitrogens is 4. The summed E-state index contributed by atoms with van der Waals surface area (Å²) in [6.45, 7) is 4.62. The van der Waals surface area contributed by atoms with Crippen molar-refractivity contribution in [3.8, 4) is 45.3 Å². The van der Waals surface area contributed by atoms with Gasteiger partial charge in [-0.1, -0.05) is 106 Å². The van der Waals surface area contributed by atoms with Crippen LogP contribution >= 0.6 is 0 Å². The van der Waals surface area contributed by atoms with Gasteiger partial charge in [0.1, 0.15) is 17.3 Å². The van der Waals surface area contributed by atoms with Crippen LogP contribution in [0, 0.1) is 0 Å². The summed E-state index contributed by atoms with van der Waals surface area (Å²) >= 11 is 0. The average molecular weight is 874 g/mol. The zero-order valence-corrected chi connectivity index (χ0v) is 32.4. The van der Waals surface area contributed by atoms with Gasteiger partial charge in [0.25, 0.3) is 0 Å². The van der Waals surface area contributed by atoms with Gasteiger partial charge >= 0.3 is 0 Å². The van der Waals surface area contributed by atoms with Crippen LogP contribution in [0.5, 0.6) is 11.5 Å². The second-order valence-corrected chi connectivity index (χ2v) is 14.1. The Labute approximate surface area is 325 Å². The number of nitrogens with zero attached hydrogens (tertiary/aromatic N) is 4. The van der Waals surface area contributed by atoms with Gasteiger partial charge in [0.05, 0.1) is 22.9 Å². The van der Waals surface area contributed by atoms with Gasteiger partial charge in [-0.15, -0.1) is 0 Å². The molecule has 5 aromatic carbocycles. The molecule has 0 saturated carbocycles. The van der Waals surface area contributed by atoms with Gasteiger partial charge in [0.15, 0.2) is 0 Å². The second-order valence-electron chi connectivity index (χ2n) is 14.1. The van der Waals surface area contributed by atoms with Crippen LogP contribution in [0.2, 0.25) is 0 Å². The van der Waals surface area contributed by atoms with E-state index in [-0.39, 0.29) is 26.5 Å². The molecule has 0 amide bonds. The molecule has 0 unspecified atom stereocenters. The van der Waals surface area contributed by atoms with Crippen molar-refractivity contribution in [3.05, 3.63) is 157 Å². The van der Waals surface area contributed by atoms with Gasteiger partial charge in [-0.3, -0.25) is 4.57 Å². The fourth-order valence-corrected chi connectivity index (χ4v) is 8.44. The van der Waals surface area contributed by atoms with Crippen molar-refractivity contribution in [1.29, 1.82) is 0 Å². The molecule has 6 heteroatoms. The maximum Gasteiger partial charge on any atom is 0.137 e. The van der Waals surface area contributed by atoms with Gasteiger partial charge < -0.3 is 4.74 Å². The summed E-state index contributed by atoms with van der Waals surface area (Å²) in [7, 11) is 0. The third-order valence-electron chi connectivity index (χ3n) is 10.9. The molecular weight excluding hydrogens is 832 g/mol. The van der Waals surface area contributed by atoms with E-state index in [1.807, 2.05) is 53.5 Å². The molecule has 266 valence electrons. The molecule has 1 aliphatic rings. The van der Waals surface area contributed by atoms with Crippen LogP contribution in [-0.4, -0.2) is 19.3 Å². The quantitative estimate of drug-likeness (QED) is 0.130. The summed E-state index contributed by atoms with van der Waals surface area (Å²) in [6, 6.07) is 45.1. The number of hydrogen-bond acceptors (Lipinski definition) is 3. The first-order chi connectivity index (χ1) is 25.7. The van der Waals surface area contributed by atoms with E-state index in [2.05, 4.69) is 121 Å². The van der Waals surface area contributed by atoms with Crippen LogP contribution in [0.1, 0.15) is 63.5 Å². The van der Waals surface area contributed by atoms with E-state index in [1.165, 1.54) is 71.7 Å². The molecule has 1 aliphatic carbocycles. The minimum Gasteiger partial charge on any atom is -0.457 e. The summed E-state index contributed by atoms with van der Waals surface area (Å²) < 4.78 is 10.7. The molecule has 0 bridgehead atoms. The molecule has 0 saturated heterocycles. The molecule has 0 atom stereocenters. The summed E-state index contributed by atoms with van der Waals surface area (Å²) in [5.41, 5.74) is 11.3. The Morgan fingerprint density at radius 2 is 1.38 bits per heavy atom. The van der Waals surface area contributed by atoms with Gasteiger partial charge in [-0.2, -0.15) is 5.10 Å². The molecule has 0 radical (unpaired) electrons. The average Bonchev–Trinajstić information content (AvgIpc) is 3.89. The van der Waals surface area contributed by atoms with Gasteiger partial charge in [0.2, 0.25) is 0 Å². The predicted octanol–water partition coefficient (Wildman–Crippen LogP) is 12.5. The predicted molar refractivity (Wildman–Crippen MR) is 213 cm³/mol. The van der Waals surface area contributed by atoms with E-state index in [4.69, 9.17) is 9.84 Å². The third-order valence-corrected chi connectivity index (χ3v) is 10.9. The van der Waals surface area contributed by atoms with Gasteiger partial charge in [0, 0.05) is 67.3 Å². The van der Waals surface area contributed by atoms with E-state index in [0.29, 0.717) is 0 Å². The number of para-hydroxylation sites is 1. The Kier molecular flexibility index (Phi) is 9.62. The monoisotopic (exact) mass is 873 g/mol. The van der Waals surface area contributed by atoms with E-state index in [1.54, 1.807) is 0 Å². The molecule has 0 spiro atoms. The van der Waals surface area contributed by atoms with Crippen LogP contribution < -0.4 is 4.74 Å². The zero-order valence-electron chi connectivity index (χ0n) is 30.1. The maximum atomic E-state index is 6.52. The zero-order chi connectivity index (χ0) is 35.1. The fraction of sp³-hybridized carbons (Fsp3) is 0.191. The second kappa shape index (κ2) is 14.6. The van der Waals surface area contributed by atoms with Crippen molar-refractivity contribution in [2.75, 3.05) is 0 Å². The normalized spacial score (nSPS) is 12.8. The molecule has 0 N–H and O–H groups in total. The standard InChI is InChI=1S/C47H42N4O.Pt/c1-3-5-25-47(26-6-4-2)42-18-9-7-16-38(42)39-23-21-33(28-43(39)47)34-31-49-50(32-34)35-14-13-15-36(29-35)52-37-22-24-41-40-17-8-10-19-44(40)51(45(41)30-37)46-20-11-12-27-48-46;/h7-24,27-32H,3-6,25-26H2,1-2H3;. The molecule has 3 heterocycles. The molecule has 8 aromatic rings. The van der Waals surface area contributed by atoms with Crippen LogP contribution in [0.25, 0.3) is 55.6 Å². The minimum absolute atomic E-state index is 0. The Bertz CT molecular complexity index is 2540. The molecular formula is C47H42N4OPt. The largest absolute Gasteiger partial charge is 0.457 e. The Morgan fingerprint density at radius 1 is 0.623 bits per heavy atom. The fourth-order valence-electron chi connectivity index (χ4n) is 8.44. The van der Waals surface area contributed by atoms with Crippen molar-refractivity contribution in [2.45, 2.75) is 57.8 Å². The van der Waals surface area contributed by atoms with E-state index >= 15 is 0 Å². The number of benzene rings is 5. The van der Waals surface area contributed by atoms with Crippen LogP contribution in [0.15, 0.2) is 146 Å². The van der Waals surface area contributed by atoms with E-state index < -0.39 is 0 Å². The van der Waals surface area contributed by atoms with Gasteiger partial charge in [-0.25, -0.2) is 9.67 Å². The van der Waals surface area contributed by atoms with Crippen molar-refractivity contribution in [3.63, 3.8) is 0 Å². The maximum absolute atomic E-state index is 6.52. The Hall–Kier alpha value is -5.25. The summed E-state index contributed by atoms with van der Waals surface area (Å²) in [6.07, 6.45) is 13.2. The van der Waals surface area contributed by atoms with Crippen molar-refractivity contribution in [1.82, 2.24) is 19.3 Å². The Morgan fingerprint density at radius 3 is 2.21 bits per heavy atom. The van der Waals surface area contributed by atoms with Crippen LogP contribution in [0.4, 0.5) is 0 Å². The number of ether oxygens (including phenoxy) is 1. The number of unbranched alkanes of at least 4 members (excludes halogenated alkanes) is 2. The number of hydrogen-bond donors (Lipinski definition) is 0. The molecule has 0 aliphatic heterocycles. The molecule has 5 nitrogen and oxygen atoms in total. The van der Waals surface area contributed by atoms with Crippen LogP contribution in [0.3, 0.4) is 0 Å². The van der Waals surface area contributed by atoms with Crippen molar-refractivity contribution >= 4 is 21.8 Å². The molecule has 53 heavy (non-hydrogen) atoms.